The number of aliphatic carboxylic acids is 1. The minimum atomic E-state index is -1.34. The fourth-order valence-corrected chi connectivity index (χ4v) is 5.79. The second-order valence-corrected chi connectivity index (χ2v) is 12.2. The van der Waals surface area contributed by atoms with E-state index >= 15 is 0 Å². The molecule has 9 nitrogen and oxygen atoms in total. The number of fused-ring (bicyclic) bond motifs is 4. The van der Waals surface area contributed by atoms with Gasteiger partial charge in [-0.15, -0.1) is 0 Å². The minimum absolute atomic E-state index is 0.0460. The number of carbonyl (C=O) groups excluding carboxylic acids is 2. The van der Waals surface area contributed by atoms with Crippen LogP contribution in [0, 0.1) is 0 Å². The molecule has 2 N–H and O–H groups in total. The first kappa shape index (κ1) is 30.5. The van der Waals surface area contributed by atoms with E-state index in [0.29, 0.717) is 28.0 Å². The van der Waals surface area contributed by atoms with Crippen molar-refractivity contribution >= 4 is 29.1 Å². The quantitative estimate of drug-likeness (QED) is 0.183. The SMILES string of the molecule is CC(C)(C)OC(=O)n1cc(C[C@H](NC(=O)OCC2c3ccccc3-c3ccccc32)C(=O)O)c2cc(Oc3ccccc3)ccc21. The smallest absolute Gasteiger partial charge is 0.419 e. The molecule has 0 fully saturated rings. The number of carboxylic acids is 1. The third-order valence-electron chi connectivity index (χ3n) is 7.79. The van der Waals surface area contributed by atoms with E-state index in [1.165, 1.54) is 4.57 Å². The highest BCUT2D eigenvalue weighted by Gasteiger charge is 2.30. The number of hydrogen-bond acceptors (Lipinski definition) is 6. The average molecular weight is 619 g/mol. The molecule has 1 heterocycles. The minimum Gasteiger partial charge on any atom is -0.480 e. The number of carboxylic acid groups (broad SMARTS) is 1. The number of amides is 1. The van der Waals surface area contributed by atoms with Crippen molar-refractivity contribution < 1.29 is 33.7 Å². The van der Waals surface area contributed by atoms with Crippen LogP contribution in [0.5, 0.6) is 11.5 Å². The molecule has 9 heteroatoms. The van der Waals surface area contributed by atoms with E-state index in [1.807, 2.05) is 78.9 Å². The second-order valence-electron chi connectivity index (χ2n) is 12.2. The van der Waals surface area contributed by atoms with Crippen molar-refractivity contribution in [2.45, 2.75) is 44.8 Å². The molecule has 0 aliphatic heterocycles. The zero-order valence-electron chi connectivity index (χ0n) is 25.7. The monoisotopic (exact) mass is 618 g/mol. The first-order valence-corrected chi connectivity index (χ1v) is 15.0. The van der Waals surface area contributed by atoms with Crippen molar-refractivity contribution in [3.8, 4) is 22.6 Å². The van der Waals surface area contributed by atoms with E-state index in [9.17, 15) is 19.5 Å². The van der Waals surface area contributed by atoms with Gasteiger partial charge in [-0.25, -0.2) is 14.4 Å². The summed E-state index contributed by atoms with van der Waals surface area (Å²) < 4.78 is 18.6. The van der Waals surface area contributed by atoms with E-state index < -0.39 is 29.8 Å². The maximum Gasteiger partial charge on any atom is 0.419 e. The van der Waals surface area contributed by atoms with E-state index in [1.54, 1.807) is 45.2 Å². The normalized spacial score (nSPS) is 13.0. The van der Waals surface area contributed by atoms with E-state index in [0.717, 1.165) is 22.3 Å². The Kier molecular flexibility index (Phi) is 8.23. The summed E-state index contributed by atoms with van der Waals surface area (Å²) in [6.07, 6.45) is -0.0452. The van der Waals surface area contributed by atoms with Gasteiger partial charge in [-0.1, -0.05) is 66.7 Å². The molecule has 0 bridgehead atoms. The van der Waals surface area contributed by atoms with Crippen LogP contribution in [0.4, 0.5) is 9.59 Å². The number of aromatic nitrogens is 1. The van der Waals surface area contributed by atoms with Gasteiger partial charge in [0.25, 0.3) is 0 Å². The lowest BCUT2D eigenvalue weighted by molar-refractivity contribution is -0.139. The summed E-state index contributed by atoms with van der Waals surface area (Å²) in [5.41, 5.74) is 4.55. The van der Waals surface area contributed by atoms with Crippen LogP contribution in [-0.2, 0) is 20.7 Å². The second kappa shape index (κ2) is 12.4. The molecule has 234 valence electrons. The van der Waals surface area contributed by atoms with Crippen LogP contribution in [0.3, 0.4) is 0 Å². The summed E-state index contributed by atoms with van der Waals surface area (Å²) in [7, 11) is 0. The van der Waals surface area contributed by atoms with Gasteiger partial charge < -0.3 is 24.6 Å². The summed E-state index contributed by atoms with van der Waals surface area (Å²) in [5.74, 6) is -0.298. The van der Waals surface area contributed by atoms with Crippen molar-refractivity contribution in [2.75, 3.05) is 6.61 Å². The highest BCUT2D eigenvalue weighted by Crippen LogP contribution is 2.44. The van der Waals surface area contributed by atoms with Gasteiger partial charge in [0.2, 0.25) is 0 Å². The first-order valence-electron chi connectivity index (χ1n) is 15.0. The summed E-state index contributed by atoms with van der Waals surface area (Å²) in [4.78, 5) is 38.6. The Labute approximate surface area is 266 Å². The van der Waals surface area contributed by atoms with Gasteiger partial charge in [0.1, 0.15) is 29.7 Å². The highest BCUT2D eigenvalue weighted by molar-refractivity contribution is 5.93. The number of alkyl carbamates (subject to hydrolysis) is 1. The molecule has 0 unspecified atom stereocenters. The van der Waals surface area contributed by atoms with E-state index in [2.05, 4.69) is 5.32 Å². The lowest BCUT2D eigenvalue weighted by Crippen LogP contribution is -2.42. The summed E-state index contributed by atoms with van der Waals surface area (Å²) in [6, 6.07) is 29.0. The molecule has 1 atom stereocenters. The number of carbonyl (C=O) groups is 3. The molecule has 0 radical (unpaired) electrons. The maximum absolute atomic E-state index is 13.2. The lowest BCUT2D eigenvalue weighted by atomic mass is 9.98. The third kappa shape index (κ3) is 6.44. The molecular weight excluding hydrogens is 584 g/mol. The molecule has 0 saturated heterocycles. The Morgan fingerprint density at radius 1 is 0.848 bits per heavy atom. The standard InChI is InChI=1S/C37H34N2O7/c1-37(2,3)46-36(43)39-21-23(30-20-25(17-18-33(30)39)45-24-11-5-4-6-12-24)19-32(34(40)41)38-35(42)44-22-31-28-15-9-7-13-26(28)27-14-8-10-16-29(27)31/h4-18,20-21,31-32H,19,22H2,1-3H3,(H,38,42)(H,40,41)/t32-/m0/s1. The lowest BCUT2D eigenvalue weighted by Gasteiger charge is -2.19. The van der Waals surface area contributed by atoms with Crippen LogP contribution in [0.1, 0.15) is 43.4 Å². The molecule has 1 aromatic heterocycles. The highest BCUT2D eigenvalue weighted by atomic mass is 16.6. The van der Waals surface area contributed by atoms with Gasteiger partial charge in [-0.2, -0.15) is 0 Å². The number of ether oxygens (including phenoxy) is 3. The average Bonchev–Trinajstić information content (AvgIpc) is 3.54. The molecule has 0 spiro atoms. The Balaban J connectivity index is 1.23. The largest absolute Gasteiger partial charge is 0.480 e. The number of nitrogens with zero attached hydrogens (tertiary/aromatic N) is 1. The number of hydrogen-bond donors (Lipinski definition) is 2. The zero-order chi connectivity index (χ0) is 32.4. The molecule has 5 aromatic rings. The Morgan fingerprint density at radius 2 is 1.48 bits per heavy atom. The van der Waals surface area contributed by atoms with Gasteiger partial charge >= 0.3 is 18.2 Å². The van der Waals surface area contributed by atoms with Crippen LogP contribution < -0.4 is 10.1 Å². The summed E-state index contributed by atoms with van der Waals surface area (Å²) in [5, 5.41) is 13.2. The summed E-state index contributed by atoms with van der Waals surface area (Å²) >= 11 is 0. The van der Waals surface area contributed by atoms with Crippen LogP contribution in [0.2, 0.25) is 0 Å². The van der Waals surface area contributed by atoms with Gasteiger partial charge in [0.15, 0.2) is 0 Å². The molecular formula is C37H34N2O7. The zero-order valence-corrected chi connectivity index (χ0v) is 25.7. The van der Waals surface area contributed by atoms with Crippen LogP contribution in [0.15, 0.2) is 103 Å². The third-order valence-corrected chi connectivity index (χ3v) is 7.79. The van der Waals surface area contributed by atoms with Gasteiger partial charge in [-0.05, 0) is 78.9 Å². The number of rotatable bonds is 8. The van der Waals surface area contributed by atoms with Crippen molar-refractivity contribution in [1.29, 1.82) is 0 Å². The Bertz CT molecular complexity index is 1880. The predicted octanol–water partition coefficient (Wildman–Crippen LogP) is 7.75. The number of benzene rings is 4. The molecule has 6 rings (SSSR count). The van der Waals surface area contributed by atoms with Crippen LogP contribution >= 0.6 is 0 Å². The van der Waals surface area contributed by atoms with E-state index in [-0.39, 0.29) is 18.9 Å². The van der Waals surface area contributed by atoms with Gasteiger partial charge in [0.05, 0.1) is 5.52 Å². The fraction of sp³-hybridized carbons (Fsp3) is 0.216. The predicted molar refractivity (Wildman–Crippen MR) is 173 cm³/mol. The van der Waals surface area contributed by atoms with Crippen molar-refractivity contribution in [2.24, 2.45) is 0 Å². The van der Waals surface area contributed by atoms with Crippen LogP contribution in [0.25, 0.3) is 22.0 Å². The van der Waals surface area contributed by atoms with Gasteiger partial charge in [-0.3, -0.25) is 4.57 Å². The van der Waals surface area contributed by atoms with Crippen LogP contribution in [-0.4, -0.2) is 46.1 Å². The molecule has 4 aromatic carbocycles. The Hall–Kier alpha value is -5.57. The van der Waals surface area contributed by atoms with Crippen molar-refractivity contribution in [3.05, 3.63) is 120 Å². The molecule has 1 amide bonds. The molecule has 1 aliphatic carbocycles. The maximum atomic E-state index is 13.2. The molecule has 46 heavy (non-hydrogen) atoms. The fourth-order valence-electron chi connectivity index (χ4n) is 5.79. The number of nitrogens with one attached hydrogen (secondary N) is 1. The summed E-state index contributed by atoms with van der Waals surface area (Å²) in [6.45, 7) is 5.34. The van der Waals surface area contributed by atoms with Crippen molar-refractivity contribution in [1.82, 2.24) is 9.88 Å². The van der Waals surface area contributed by atoms with E-state index in [4.69, 9.17) is 14.2 Å². The molecule has 1 aliphatic rings. The number of para-hydroxylation sites is 1. The Morgan fingerprint density at radius 3 is 2.11 bits per heavy atom. The van der Waals surface area contributed by atoms with Crippen molar-refractivity contribution in [3.63, 3.8) is 0 Å². The topological polar surface area (TPSA) is 116 Å². The first-order chi connectivity index (χ1) is 22.1. The van der Waals surface area contributed by atoms with Gasteiger partial charge in [0, 0.05) is 23.9 Å². The molecule has 0 saturated carbocycles.